The molecule has 3 rings (SSSR count). The number of benzene rings is 3. The third-order valence-corrected chi connectivity index (χ3v) is 5.43. The highest BCUT2D eigenvalue weighted by molar-refractivity contribution is 5.95. The SMILES string of the molecule is CN(C)CC(CNC(=O)CC(NC(=O)c1ccc(O)cc1)c1ccccc1)c1ccccc1. The summed E-state index contributed by atoms with van der Waals surface area (Å²) < 4.78 is 0. The number of nitrogens with one attached hydrogen (secondary N) is 2. The lowest BCUT2D eigenvalue weighted by Gasteiger charge is -2.23. The molecule has 0 bridgehead atoms. The second-order valence-electron chi connectivity index (χ2n) is 8.36. The maximum Gasteiger partial charge on any atom is 0.251 e. The first-order valence-electron chi connectivity index (χ1n) is 11.0. The van der Waals surface area contributed by atoms with Crippen molar-refractivity contribution in [2.75, 3.05) is 27.2 Å². The Morgan fingerprint density at radius 2 is 1.42 bits per heavy atom. The average molecular weight is 446 g/mol. The van der Waals surface area contributed by atoms with Crippen molar-refractivity contribution in [2.45, 2.75) is 18.4 Å². The summed E-state index contributed by atoms with van der Waals surface area (Å²) in [7, 11) is 4.03. The van der Waals surface area contributed by atoms with Gasteiger partial charge in [0.05, 0.1) is 12.5 Å². The minimum Gasteiger partial charge on any atom is -0.508 e. The van der Waals surface area contributed by atoms with Crippen LogP contribution in [0.15, 0.2) is 84.9 Å². The molecule has 0 aliphatic heterocycles. The summed E-state index contributed by atoms with van der Waals surface area (Å²) in [5.41, 5.74) is 2.45. The highest BCUT2D eigenvalue weighted by Crippen LogP contribution is 2.19. The van der Waals surface area contributed by atoms with Gasteiger partial charge in [-0.15, -0.1) is 0 Å². The zero-order valence-corrected chi connectivity index (χ0v) is 19.1. The Hall–Kier alpha value is -3.64. The van der Waals surface area contributed by atoms with E-state index in [0.717, 1.165) is 12.1 Å². The molecule has 2 atom stereocenters. The normalized spacial score (nSPS) is 12.7. The van der Waals surface area contributed by atoms with E-state index in [1.807, 2.05) is 62.6 Å². The van der Waals surface area contributed by atoms with Crippen LogP contribution in [0.3, 0.4) is 0 Å². The second-order valence-corrected chi connectivity index (χ2v) is 8.36. The summed E-state index contributed by atoms with van der Waals surface area (Å²) in [5, 5.41) is 15.5. The Morgan fingerprint density at radius 1 is 0.848 bits per heavy atom. The molecule has 2 amide bonds. The van der Waals surface area contributed by atoms with Crippen molar-refractivity contribution in [3.05, 3.63) is 102 Å². The second kappa shape index (κ2) is 11.8. The molecule has 172 valence electrons. The van der Waals surface area contributed by atoms with E-state index in [0.29, 0.717) is 12.1 Å². The molecule has 0 aliphatic rings. The van der Waals surface area contributed by atoms with E-state index in [2.05, 4.69) is 27.7 Å². The minimum absolute atomic E-state index is 0.0937. The van der Waals surface area contributed by atoms with E-state index in [-0.39, 0.29) is 29.9 Å². The van der Waals surface area contributed by atoms with Gasteiger partial charge in [-0.25, -0.2) is 0 Å². The van der Waals surface area contributed by atoms with Gasteiger partial charge < -0.3 is 20.6 Å². The van der Waals surface area contributed by atoms with Crippen LogP contribution in [0.5, 0.6) is 5.75 Å². The zero-order chi connectivity index (χ0) is 23.6. The summed E-state index contributed by atoms with van der Waals surface area (Å²) in [6, 6.07) is 25.2. The molecule has 3 aromatic carbocycles. The fourth-order valence-corrected chi connectivity index (χ4v) is 3.74. The summed E-state index contributed by atoms with van der Waals surface area (Å²) in [6.45, 7) is 1.32. The van der Waals surface area contributed by atoms with E-state index in [9.17, 15) is 14.7 Å². The van der Waals surface area contributed by atoms with Crippen LogP contribution in [-0.2, 0) is 4.79 Å². The molecule has 0 heterocycles. The van der Waals surface area contributed by atoms with Gasteiger partial charge in [-0.2, -0.15) is 0 Å². The van der Waals surface area contributed by atoms with Crippen LogP contribution in [0.2, 0.25) is 0 Å². The van der Waals surface area contributed by atoms with Crippen LogP contribution >= 0.6 is 0 Å². The van der Waals surface area contributed by atoms with Crippen molar-refractivity contribution in [1.82, 2.24) is 15.5 Å². The van der Waals surface area contributed by atoms with E-state index < -0.39 is 6.04 Å². The first-order valence-corrected chi connectivity index (χ1v) is 11.0. The Balaban J connectivity index is 1.68. The summed E-state index contributed by atoms with van der Waals surface area (Å²) in [6.07, 6.45) is 0.122. The monoisotopic (exact) mass is 445 g/mol. The third kappa shape index (κ3) is 7.47. The van der Waals surface area contributed by atoms with Gasteiger partial charge in [0.15, 0.2) is 0 Å². The molecule has 0 saturated carbocycles. The molecule has 0 spiro atoms. The summed E-state index contributed by atoms with van der Waals surface area (Å²) >= 11 is 0. The summed E-state index contributed by atoms with van der Waals surface area (Å²) in [4.78, 5) is 27.8. The first-order chi connectivity index (χ1) is 15.9. The van der Waals surface area contributed by atoms with Crippen LogP contribution in [0.4, 0.5) is 0 Å². The predicted molar refractivity (Wildman–Crippen MR) is 130 cm³/mol. The molecule has 0 saturated heterocycles. The number of rotatable bonds is 10. The predicted octanol–water partition coefficient (Wildman–Crippen LogP) is 3.72. The number of nitrogens with zero attached hydrogens (tertiary/aromatic N) is 1. The quantitative estimate of drug-likeness (QED) is 0.444. The molecule has 6 nitrogen and oxygen atoms in total. The van der Waals surface area contributed by atoms with Crippen molar-refractivity contribution < 1.29 is 14.7 Å². The largest absolute Gasteiger partial charge is 0.508 e. The van der Waals surface area contributed by atoms with E-state index in [4.69, 9.17) is 0 Å². The number of likely N-dealkylation sites (N-methyl/N-ethyl adjacent to an activating group) is 1. The Bertz CT molecular complexity index is 1020. The summed E-state index contributed by atoms with van der Waals surface area (Å²) in [5.74, 6) is -0.177. The first kappa shape index (κ1) is 24.0. The Kier molecular flexibility index (Phi) is 8.61. The van der Waals surface area contributed by atoms with Gasteiger partial charge in [-0.3, -0.25) is 9.59 Å². The number of hydrogen-bond donors (Lipinski definition) is 3. The number of carbonyl (C=O) groups excluding carboxylic acids is 2. The van der Waals surface area contributed by atoms with Crippen molar-refractivity contribution in [3.8, 4) is 5.75 Å². The Labute approximate surface area is 195 Å². The number of amides is 2. The van der Waals surface area contributed by atoms with Crippen LogP contribution in [0.25, 0.3) is 0 Å². The lowest BCUT2D eigenvalue weighted by Crippen LogP contribution is -2.36. The van der Waals surface area contributed by atoms with Crippen molar-refractivity contribution in [2.24, 2.45) is 0 Å². The molecule has 33 heavy (non-hydrogen) atoms. The van der Waals surface area contributed by atoms with Crippen LogP contribution in [0, 0.1) is 0 Å². The van der Waals surface area contributed by atoms with Crippen LogP contribution < -0.4 is 10.6 Å². The van der Waals surface area contributed by atoms with E-state index in [1.54, 1.807) is 12.1 Å². The standard InChI is InChI=1S/C27H31N3O3/c1-30(2)19-23(20-9-5-3-6-10-20)18-28-26(32)17-25(21-11-7-4-8-12-21)29-27(33)22-13-15-24(31)16-14-22/h3-16,23,25,31H,17-19H2,1-2H3,(H,28,32)(H,29,33). The lowest BCUT2D eigenvalue weighted by molar-refractivity contribution is -0.121. The highest BCUT2D eigenvalue weighted by atomic mass is 16.3. The van der Waals surface area contributed by atoms with Crippen molar-refractivity contribution in [1.29, 1.82) is 0 Å². The molecular weight excluding hydrogens is 414 g/mol. The zero-order valence-electron chi connectivity index (χ0n) is 19.1. The Morgan fingerprint density at radius 3 is 2.00 bits per heavy atom. The maximum atomic E-state index is 12.9. The number of phenolic OH excluding ortho intramolecular Hbond substituents is 1. The molecule has 0 radical (unpaired) electrons. The van der Waals surface area contributed by atoms with Crippen LogP contribution in [0.1, 0.15) is 39.9 Å². The topological polar surface area (TPSA) is 81.7 Å². The minimum atomic E-state index is -0.475. The van der Waals surface area contributed by atoms with Crippen molar-refractivity contribution >= 4 is 11.8 Å². The number of phenols is 1. The number of hydrogen-bond acceptors (Lipinski definition) is 4. The molecule has 3 aromatic rings. The molecule has 0 fully saturated rings. The number of carbonyl (C=O) groups is 2. The van der Waals surface area contributed by atoms with Gasteiger partial charge in [-0.05, 0) is 49.5 Å². The van der Waals surface area contributed by atoms with E-state index >= 15 is 0 Å². The van der Waals surface area contributed by atoms with Gasteiger partial charge in [0.2, 0.25) is 5.91 Å². The molecule has 0 aliphatic carbocycles. The fraction of sp³-hybridized carbons (Fsp3) is 0.259. The smallest absolute Gasteiger partial charge is 0.251 e. The molecule has 0 aromatic heterocycles. The molecule has 6 heteroatoms. The lowest BCUT2D eigenvalue weighted by atomic mass is 9.98. The van der Waals surface area contributed by atoms with Gasteiger partial charge in [0, 0.05) is 24.6 Å². The molecular formula is C27H31N3O3. The third-order valence-electron chi connectivity index (χ3n) is 5.43. The average Bonchev–Trinajstić information content (AvgIpc) is 2.82. The number of aromatic hydroxyl groups is 1. The molecule has 2 unspecified atom stereocenters. The fourth-order valence-electron chi connectivity index (χ4n) is 3.74. The highest BCUT2D eigenvalue weighted by Gasteiger charge is 2.20. The van der Waals surface area contributed by atoms with Gasteiger partial charge >= 0.3 is 0 Å². The molecule has 3 N–H and O–H groups in total. The van der Waals surface area contributed by atoms with Gasteiger partial charge in [-0.1, -0.05) is 60.7 Å². The maximum absolute atomic E-state index is 12.9. The van der Waals surface area contributed by atoms with Crippen LogP contribution in [-0.4, -0.2) is 49.0 Å². The van der Waals surface area contributed by atoms with Gasteiger partial charge in [0.25, 0.3) is 5.91 Å². The van der Waals surface area contributed by atoms with Crippen molar-refractivity contribution in [3.63, 3.8) is 0 Å². The van der Waals surface area contributed by atoms with Gasteiger partial charge in [0.1, 0.15) is 5.75 Å². The van der Waals surface area contributed by atoms with E-state index in [1.165, 1.54) is 17.7 Å².